The average molecular weight is 243 g/mol. The van der Waals surface area contributed by atoms with Crippen molar-refractivity contribution < 1.29 is 10.0 Å². The van der Waals surface area contributed by atoms with E-state index in [1.54, 1.807) is 0 Å². The Balaban J connectivity index is 3.29. The lowest BCUT2D eigenvalue weighted by atomic mass is 10.1. The van der Waals surface area contributed by atoms with E-state index in [1.165, 1.54) is 19.3 Å². The number of unbranched alkanes of at least 4 members (excludes halogenated alkanes) is 4. The number of amidine groups is 1. The maximum atomic E-state index is 11.4. The van der Waals surface area contributed by atoms with Gasteiger partial charge in [0.05, 0.1) is 0 Å². The second-order valence-corrected chi connectivity index (χ2v) is 4.21. The van der Waals surface area contributed by atoms with Crippen LogP contribution in [0.4, 0.5) is 0 Å². The fourth-order valence-corrected chi connectivity index (χ4v) is 1.52. The lowest BCUT2D eigenvalue weighted by molar-refractivity contribution is -0.121. The average Bonchev–Trinajstić information content (AvgIpc) is 2.34. The van der Waals surface area contributed by atoms with Crippen LogP contribution in [0.2, 0.25) is 0 Å². The zero-order valence-corrected chi connectivity index (χ0v) is 10.7. The third-order valence-electron chi connectivity index (χ3n) is 2.57. The van der Waals surface area contributed by atoms with Gasteiger partial charge in [-0.15, -0.1) is 0 Å². The molecule has 0 aliphatic heterocycles. The molecule has 0 bridgehead atoms. The first-order valence-corrected chi connectivity index (χ1v) is 6.43. The van der Waals surface area contributed by atoms with Gasteiger partial charge in [0.2, 0.25) is 5.91 Å². The second kappa shape index (κ2) is 11.2. The van der Waals surface area contributed by atoms with Crippen LogP contribution >= 0.6 is 0 Å². The van der Waals surface area contributed by atoms with Crippen LogP contribution in [0.3, 0.4) is 0 Å². The Morgan fingerprint density at radius 2 is 1.88 bits per heavy atom. The molecule has 0 aromatic carbocycles. The summed E-state index contributed by atoms with van der Waals surface area (Å²) in [6.07, 6.45) is 7.60. The first kappa shape index (κ1) is 15.7. The number of hydrogen-bond acceptors (Lipinski definition) is 3. The van der Waals surface area contributed by atoms with Crippen molar-refractivity contribution in [2.24, 2.45) is 10.9 Å². The van der Waals surface area contributed by atoms with Crippen LogP contribution in [0.5, 0.6) is 0 Å². The molecule has 4 N–H and O–H groups in total. The van der Waals surface area contributed by atoms with Crippen LogP contribution in [0.1, 0.15) is 58.3 Å². The lowest BCUT2D eigenvalue weighted by Gasteiger charge is -2.04. The van der Waals surface area contributed by atoms with E-state index in [4.69, 9.17) is 10.9 Å². The molecule has 1 amide bonds. The molecule has 0 unspecified atom stereocenters. The van der Waals surface area contributed by atoms with Crippen molar-refractivity contribution in [3.63, 3.8) is 0 Å². The van der Waals surface area contributed by atoms with Crippen molar-refractivity contribution >= 4 is 11.7 Å². The van der Waals surface area contributed by atoms with Gasteiger partial charge in [-0.2, -0.15) is 0 Å². The Bertz CT molecular complexity index is 230. The molecule has 0 atom stereocenters. The maximum Gasteiger partial charge on any atom is 0.219 e. The molecule has 0 heterocycles. The number of oxime groups is 1. The molecule has 17 heavy (non-hydrogen) atoms. The van der Waals surface area contributed by atoms with Gasteiger partial charge in [0.15, 0.2) is 0 Å². The van der Waals surface area contributed by atoms with E-state index in [0.717, 1.165) is 12.8 Å². The van der Waals surface area contributed by atoms with Crippen molar-refractivity contribution in [2.75, 3.05) is 6.54 Å². The number of nitrogens with zero attached hydrogens (tertiary/aromatic N) is 1. The van der Waals surface area contributed by atoms with E-state index < -0.39 is 0 Å². The van der Waals surface area contributed by atoms with E-state index in [1.807, 2.05) is 0 Å². The van der Waals surface area contributed by atoms with Crippen molar-refractivity contribution in [2.45, 2.75) is 58.3 Å². The molecule has 0 fully saturated rings. The third kappa shape index (κ3) is 11.0. The van der Waals surface area contributed by atoms with Crippen LogP contribution in [-0.4, -0.2) is 23.5 Å². The summed E-state index contributed by atoms with van der Waals surface area (Å²) >= 11 is 0. The minimum absolute atomic E-state index is 0.0982. The summed E-state index contributed by atoms with van der Waals surface area (Å²) in [6.45, 7) is 2.76. The standard InChI is InChI=1S/C12H25N3O2/c1-2-3-4-5-6-9-12(16)14-10-7-8-11(13)15-17/h17H,2-10H2,1H3,(H2,13,15)(H,14,16). The smallest absolute Gasteiger partial charge is 0.219 e. The molecule has 5 heteroatoms. The predicted molar refractivity (Wildman–Crippen MR) is 69.0 cm³/mol. The number of amides is 1. The number of hydrogen-bond donors (Lipinski definition) is 3. The quantitative estimate of drug-likeness (QED) is 0.180. The molecule has 0 radical (unpaired) electrons. The van der Waals surface area contributed by atoms with Crippen LogP contribution in [0.25, 0.3) is 0 Å². The Morgan fingerprint density at radius 1 is 1.18 bits per heavy atom. The van der Waals surface area contributed by atoms with E-state index in [9.17, 15) is 4.79 Å². The summed E-state index contributed by atoms with van der Waals surface area (Å²) in [6, 6.07) is 0. The largest absolute Gasteiger partial charge is 0.409 e. The molecule has 100 valence electrons. The van der Waals surface area contributed by atoms with Gasteiger partial charge >= 0.3 is 0 Å². The molecular formula is C12H25N3O2. The van der Waals surface area contributed by atoms with Crippen molar-refractivity contribution in [1.82, 2.24) is 5.32 Å². The van der Waals surface area contributed by atoms with Gasteiger partial charge in [-0.25, -0.2) is 0 Å². The van der Waals surface area contributed by atoms with Crippen molar-refractivity contribution in [1.29, 1.82) is 0 Å². The molecule has 0 saturated carbocycles. The molecule has 0 aliphatic rings. The Labute approximate surface area is 103 Å². The highest BCUT2D eigenvalue weighted by Crippen LogP contribution is 2.04. The molecule has 0 spiro atoms. The summed E-state index contributed by atoms with van der Waals surface area (Å²) < 4.78 is 0. The van der Waals surface area contributed by atoms with Gasteiger partial charge in [-0.3, -0.25) is 4.79 Å². The fraction of sp³-hybridized carbons (Fsp3) is 0.833. The molecule has 0 rings (SSSR count). The Morgan fingerprint density at radius 3 is 2.53 bits per heavy atom. The summed E-state index contributed by atoms with van der Waals surface area (Å²) in [5.41, 5.74) is 5.30. The summed E-state index contributed by atoms with van der Waals surface area (Å²) in [4.78, 5) is 11.4. The number of nitrogens with one attached hydrogen (secondary N) is 1. The van der Waals surface area contributed by atoms with Gasteiger partial charge in [-0.1, -0.05) is 37.8 Å². The molecule has 0 aromatic rings. The van der Waals surface area contributed by atoms with Gasteiger partial charge in [0.25, 0.3) is 0 Å². The fourth-order valence-electron chi connectivity index (χ4n) is 1.52. The number of carbonyl (C=O) groups is 1. The zero-order chi connectivity index (χ0) is 12.9. The zero-order valence-electron chi connectivity index (χ0n) is 10.7. The lowest BCUT2D eigenvalue weighted by Crippen LogP contribution is -2.25. The van der Waals surface area contributed by atoms with E-state index >= 15 is 0 Å². The van der Waals surface area contributed by atoms with E-state index in [2.05, 4.69) is 17.4 Å². The highest BCUT2D eigenvalue weighted by molar-refractivity contribution is 5.79. The van der Waals surface area contributed by atoms with Crippen LogP contribution in [0.15, 0.2) is 5.16 Å². The Hall–Kier alpha value is -1.26. The molecular weight excluding hydrogens is 218 g/mol. The third-order valence-corrected chi connectivity index (χ3v) is 2.57. The van der Waals surface area contributed by atoms with Gasteiger partial charge < -0.3 is 16.3 Å². The van der Waals surface area contributed by atoms with Crippen LogP contribution < -0.4 is 11.1 Å². The van der Waals surface area contributed by atoms with E-state index in [-0.39, 0.29) is 11.7 Å². The maximum absolute atomic E-state index is 11.4. The summed E-state index contributed by atoms with van der Waals surface area (Å²) in [5, 5.41) is 14.0. The SMILES string of the molecule is CCCCCCCC(=O)NCCCC(N)=NO. The summed E-state index contributed by atoms with van der Waals surface area (Å²) in [5.74, 6) is 0.305. The monoisotopic (exact) mass is 243 g/mol. The molecule has 0 aliphatic carbocycles. The number of carbonyl (C=O) groups excluding carboxylic acids is 1. The van der Waals surface area contributed by atoms with Crippen molar-refractivity contribution in [3.8, 4) is 0 Å². The topological polar surface area (TPSA) is 87.7 Å². The number of nitrogens with two attached hydrogens (primary N) is 1. The van der Waals surface area contributed by atoms with Crippen LogP contribution in [0, 0.1) is 0 Å². The molecule has 5 nitrogen and oxygen atoms in total. The normalized spacial score (nSPS) is 11.5. The minimum atomic E-state index is 0.0982. The molecule has 0 aromatic heterocycles. The van der Waals surface area contributed by atoms with E-state index in [0.29, 0.717) is 25.8 Å². The minimum Gasteiger partial charge on any atom is -0.409 e. The first-order valence-electron chi connectivity index (χ1n) is 6.43. The van der Waals surface area contributed by atoms with Crippen molar-refractivity contribution in [3.05, 3.63) is 0 Å². The summed E-state index contributed by atoms with van der Waals surface area (Å²) in [7, 11) is 0. The highest BCUT2D eigenvalue weighted by atomic mass is 16.4. The van der Waals surface area contributed by atoms with Gasteiger partial charge in [0, 0.05) is 19.4 Å². The predicted octanol–water partition coefficient (Wildman–Crippen LogP) is 1.99. The first-order chi connectivity index (χ1) is 8.20. The van der Waals surface area contributed by atoms with Crippen LogP contribution in [-0.2, 0) is 4.79 Å². The molecule has 0 saturated heterocycles. The second-order valence-electron chi connectivity index (χ2n) is 4.21. The van der Waals surface area contributed by atoms with Gasteiger partial charge in [0.1, 0.15) is 5.84 Å². The number of rotatable bonds is 10. The Kier molecular flexibility index (Phi) is 10.4. The van der Waals surface area contributed by atoms with Gasteiger partial charge in [-0.05, 0) is 12.8 Å². The highest BCUT2D eigenvalue weighted by Gasteiger charge is 2.00.